The number of halogens is 4. The lowest BCUT2D eigenvalue weighted by Gasteiger charge is -2.26. The molecule has 1 aliphatic heterocycles. The van der Waals surface area contributed by atoms with E-state index in [-0.39, 0.29) is 36.4 Å². The second-order valence-electron chi connectivity index (χ2n) is 7.53. The van der Waals surface area contributed by atoms with Gasteiger partial charge in [-0.1, -0.05) is 24.3 Å². The predicted molar refractivity (Wildman–Crippen MR) is 130 cm³/mol. The van der Waals surface area contributed by atoms with Gasteiger partial charge in [0.15, 0.2) is 5.96 Å². The quantitative estimate of drug-likeness (QED) is 0.314. The number of alkyl halides is 3. The molecular weight excluding hydrogens is 532 g/mol. The minimum atomic E-state index is -4.36. The van der Waals surface area contributed by atoms with Crippen LogP contribution in [0.4, 0.5) is 13.2 Å². The van der Waals surface area contributed by atoms with Crippen LogP contribution in [0.2, 0.25) is 0 Å². The topological polar surface area (TPSA) is 56.7 Å². The second-order valence-corrected chi connectivity index (χ2v) is 7.53. The number of hydrogen-bond acceptors (Lipinski definition) is 2. The first-order valence-electron chi connectivity index (χ1n) is 10.4. The van der Waals surface area contributed by atoms with Gasteiger partial charge in [-0.25, -0.2) is 0 Å². The van der Waals surface area contributed by atoms with E-state index in [1.165, 1.54) is 12.5 Å². The number of benzene rings is 2. The number of likely N-dealkylation sites (tertiary alicyclic amines) is 1. The molecule has 2 aromatic rings. The van der Waals surface area contributed by atoms with Gasteiger partial charge in [-0.2, -0.15) is 13.2 Å². The molecule has 0 bridgehead atoms. The van der Waals surface area contributed by atoms with Crippen LogP contribution in [-0.2, 0) is 19.3 Å². The van der Waals surface area contributed by atoms with Crippen LogP contribution in [0.1, 0.15) is 46.3 Å². The van der Waals surface area contributed by atoms with Gasteiger partial charge in [0, 0.05) is 38.8 Å². The molecule has 32 heavy (non-hydrogen) atoms. The molecule has 2 aromatic carbocycles. The van der Waals surface area contributed by atoms with Crippen LogP contribution < -0.4 is 10.6 Å². The Morgan fingerprint density at radius 2 is 1.59 bits per heavy atom. The van der Waals surface area contributed by atoms with E-state index in [0.29, 0.717) is 23.6 Å². The number of amides is 1. The van der Waals surface area contributed by atoms with Gasteiger partial charge < -0.3 is 15.5 Å². The molecule has 1 saturated heterocycles. The number of aliphatic imine (C=N–C) groups is 1. The number of rotatable bonds is 5. The maximum atomic E-state index is 12.8. The summed E-state index contributed by atoms with van der Waals surface area (Å²) in [7, 11) is 1.60. The number of guanidine groups is 1. The molecule has 174 valence electrons. The van der Waals surface area contributed by atoms with Crippen LogP contribution in [-0.4, -0.2) is 36.9 Å². The Bertz CT molecular complexity index is 910. The molecule has 0 atom stereocenters. The minimum Gasteiger partial charge on any atom is -0.352 e. The zero-order chi connectivity index (χ0) is 22.3. The van der Waals surface area contributed by atoms with Crippen molar-refractivity contribution < 1.29 is 18.0 Å². The summed E-state index contributed by atoms with van der Waals surface area (Å²) in [5.41, 5.74) is 1.49. The van der Waals surface area contributed by atoms with Crippen molar-refractivity contribution in [2.24, 2.45) is 4.99 Å². The summed E-state index contributed by atoms with van der Waals surface area (Å²) in [4.78, 5) is 18.5. The fourth-order valence-electron chi connectivity index (χ4n) is 3.49. The highest BCUT2D eigenvalue weighted by Gasteiger charge is 2.30. The van der Waals surface area contributed by atoms with E-state index in [4.69, 9.17) is 0 Å². The summed E-state index contributed by atoms with van der Waals surface area (Å²) >= 11 is 0. The Balaban J connectivity index is 0.00000363. The van der Waals surface area contributed by atoms with Crippen molar-refractivity contribution in [2.75, 3.05) is 20.1 Å². The lowest BCUT2D eigenvalue weighted by molar-refractivity contribution is -0.137. The molecule has 1 fully saturated rings. The van der Waals surface area contributed by atoms with Crippen LogP contribution >= 0.6 is 24.0 Å². The van der Waals surface area contributed by atoms with E-state index >= 15 is 0 Å². The van der Waals surface area contributed by atoms with Gasteiger partial charge in [-0.3, -0.25) is 9.79 Å². The van der Waals surface area contributed by atoms with Crippen LogP contribution in [0, 0.1) is 0 Å². The average Bonchev–Trinajstić information content (AvgIpc) is 2.79. The summed E-state index contributed by atoms with van der Waals surface area (Å²) in [5, 5.41) is 6.15. The third kappa shape index (κ3) is 7.39. The third-order valence-electron chi connectivity index (χ3n) is 5.24. The van der Waals surface area contributed by atoms with Crippen molar-refractivity contribution in [1.82, 2.24) is 15.5 Å². The lowest BCUT2D eigenvalue weighted by atomic mass is 10.1. The molecule has 9 heteroatoms. The number of nitrogens with one attached hydrogen (secondary N) is 2. The normalized spacial score (nSPS) is 14.5. The first kappa shape index (κ1) is 26.0. The van der Waals surface area contributed by atoms with Crippen molar-refractivity contribution in [2.45, 2.75) is 38.5 Å². The molecule has 2 N–H and O–H groups in total. The Labute approximate surface area is 203 Å². The van der Waals surface area contributed by atoms with Gasteiger partial charge in [0.1, 0.15) is 0 Å². The predicted octanol–water partition coefficient (Wildman–Crippen LogP) is 4.81. The van der Waals surface area contributed by atoms with Gasteiger partial charge in [0.25, 0.3) is 5.91 Å². The number of nitrogens with zero attached hydrogens (tertiary/aromatic N) is 2. The number of piperidine rings is 1. The zero-order valence-electron chi connectivity index (χ0n) is 17.9. The largest absolute Gasteiger partial charge is 0.416 e. The molecule has 1 heterocycles. The molecule has 3 rings (SSSR count). The van der Waals surface area contributed by atoms with E-state index in [2.05, 4.69) is 15.6 Å². The smallest absolute Gasteiger partial charge is 0.352 e. The molecule has 1 amide bonds. The van der Waals surface area contributed by atoms with E-state index in [1.54, 1.807) is 13.1 Å². The zero-order valence-corrected chi connectivity index (χ0v) is 20.2. The standard InChI is InChI=1S/C23H27F3N4O.HI/c1-27-22(29-16-18-6-5-7-20(14-18)23(24,25)26)28-15-17-8-10-19(11-9-17)21(31)30-12-3-2-4-13-30;/h5-11,14H,2-4,12-13,15-16H2,1H3,(H2,27,28,29);1H. The fraction of sp³-hybridized carbons (Fsp3) is 0.391. The minimum absolute atomic E-state index is 0. The highest BCUT2D eigenvalue weighted by molar-refractivity contribution is 14.0. The fourth-order valence-corrected chi connectivity index (χ4v) is 3.49. The third-order valence-corrected chi connectivity index (χ3v) is 5.24. The van der Waals surface area contributed by atoms with Crippen molar-refractivity contribution in [3.63, 3.8) is 0 Å². The SMILES string of the molecule is CN=C(NCc1ccc(C(=O)N2CCCCC2)cc1)NCc1cccc(C(F)(F)F)c1.I. The van der Waals surface area contributed by atoms with Crippen LogP contribution in [0.15, 0.2) is 53.5 Å². The first-order valence-corrected chi connectivity index (χ1v) is 10.4. The van der Waals surface area contributed by atoms with Crippen molar-refractivity contribution in [1.29, 1.82) is 0 Å². The molecule has 0 spiro atoms. The van der Waals surface area contributed by atoms with E-state index in [9.17, 15) is 18.0 Å². The van der Waals surface area contributed by atoms with E-state index in [1.807, 2.05) is 29.2 Å². The Morgan fingerprint density at radius 1 is 0.969 bits per heavy atom. The van der Waals surface area contributed by atoms with Crippen molar-refractivity contribution >= 4 is 35.8 Å². The van der Waals surface area contributed by atoms with Gasteiger partial charge in [0.05, 0.1) is 5.56 Å². The molecule has 5 nitrogen and oxygen atoms in total. The van der Waals surface area contributed by atoms with Crippen LogP contribution in [0.5, 0.6) is 0 Å². The van der Waals surface area contributed by atoms with Crippen molar-refractivity contribution in [3.05, 3.63) is 70.8 Å². The van der Waals surface area contributed by atoms with Crippen LogP contribution in [0.25, 0.3) is 0 Å². The van der Waals surface area contributed by atoms with Crippen LogP contribution in [0.3, 0.4) is 0 Å². The summed E-state index contributed by atoms with van der Waals surface area (Å²) in [5.74, 6) is 0.545. The summed E-state index contributed by atoms with van der Waals surface area (Å²) in [6, 6.07) is 12.6. The lowest BCUT2D eigenvalue weighted by Crippen LogP contribution is -2.36. The highest BCUT2D eigenvalue weighted by atomic mass is 127. The molecule has 0 aliphatic carbocycles. The Hall–Kier alpha value is -2.30. The number of hydrogen-bond donors (Lipinski definition) is 2. The van der Waals surface area contributed by atoms with E-state index < -0.39 is 11.7 Å². The molecule has 0 saturated carbocycles. The van der Waals surface area contributed by atoms with Gasteiger partial charge in [0.2, 0.25) is 0 Å². The average molecular weight is 560 g/mol. The van der Waals surface area contributed by atoms with Gasteiger partial charge >= 0.3 is 6.18 Å². The molecular formula is C23H28F3IN4O. The molecule has 0 radical (unpaired) electrons. The Kier molecular flexibility index (Phi) is 9.80. The molecule has 0 aromatic heterocycles. The first-order chi connectivity index (χ1) is 14.9. The maximum Gasteiger partial charge on any atom is 0.416 e. The highest BCUT2D eigenvalue weighted by Crippen LogP contribution is 2.29. The monoisotopic (exact) mass is 560 g/mol. The van der Waals surface area contributed by atoms with Crippen molar-refractivity contribution in [3.8, 4) is 0 Å². The number of carbonyl (C=O) groups is 1. The summed E-state index contributed by atoms with van der Waals surface area (Å²) < 4.78 is 38.5. The summed E-state index contributed by atoms with van der Waals surface area (Å²) in [6.07, 6.45) is -1.07. The van der Waals surface area contributed by atoms with Gasteiger partial charge in [-0.05, 0) is 54.7 Å². The summed E-state index contributed by atoms with van der Waals surface area (Å²) in [6.45, 7) is 2.32. The molecule has 0 unspecified atom stereocenters. The second kappa shape index (κ2) is 12.1. The van der Waals surface area contributed by atoms with E-state index in [0.717, 1.165) is 43.6 Å². The Morgan fingerprint density at radius 3 is 2.19 bits per heavy atom. The maximum absolute atomic E-state index is 12.8. The number of carbonyl (C=O) groups excluding carboxylic acids is 1. The van der Waals surface area contributed by atoms with Gasteiger partial charge in [-0.15, -0.1) is 24.0 Å². The molecule has 1 aliphatic rings.